The van der Waals surface area contributed by atoms with E-state index in [1.165, 1.54) is 22.8 Å². The van der Waals surface area contributed by atoms with Crippen molar-refractivity contribution in [3.8, 4) is 0 Å². The summed E-state index contributed by atoms with van der Waals surface area (Å²) in [5.74, 6) is -0.0277. The average Bonchev–Trinajstić information content (AvgIpc) is 2.52. The van der Waals surface area contributed by atoms with Crippen LogP contribution >= 0.6 is 23.6 Å². The number of aromatic amines is 1. The van der Waals surface area contributed by atoms with Gasteiger partial charge in [-0.2, -0.15) is 0 Å². The molecule has 0 bridgehead atoms. The molecule has 84 valence electrons. The van der Waals surface area contributed by atoms with Crippen molar-refractivity contribution >= 4 is 39.6 Å². The summed E-state index contributed by atoms with van der Waals surface area (Å²) in [5.41, 5.74) is 0.583. The van der Waals surface area contributed by atoms with Crippen LogP contribution in [-0.2, 0) is 7.05 Å². The fraction of sp³-hybridized carbons (Fsp3) is 0.300. The Morgan fingerprint density at radius 2 is 2.12 bits per heavy atom. The molecule has 0 aliphatic carbocycles. The summed E-state index contributed by atoms with van der Waals surface area (Å²) in [7, 11) is 1.62. The van der Waals surface area contributed by atoms with Gasteiger partial charge in [-0.25, -0.2) is 0 Å². The predicted octanol–water partition coefficient (Wildman–Crippen LogP) is 2.17. The molecule has 4 nitrogen and oxygen atoms in total. The van der Waals surface area contributed by atoms with E-state index in [9.17, 15) is 9.59 Å². The maximum Gasteiger partial charge on any atom is 0.263 e. The normalized spacial score (nSPS) is 10.9. The number of fused-ring (bicyclic) bond motifs is 1. The molecule has 0 amide bonds. The fourth-order valence-electron chi connectivity index (χ4n) is 1.64. The molecule has 0 unspecified atom stereocenters. The lowest BCUT2D eigenvalue weighted by atomic mass is 10.2. The molecule has 0 aliphatic heterocycles. The van der Waals surface area contributed by atoms with Crippen LogP contribution in [0.5, 0.6) is 0 Å². The molecule has 2 aromatic heterocycles. The number of H-pyrrole nitrogens is 1. The maximum atomic E-state index is 12.0. The third kappa shape index (κ3) is 1.45. The van der Waals surface area contributed by atoms with Crippen LogP contribution in [0.4, 0.5) is 0 Å². The summed E-state index contributed by atoms with van der Waals surface area (Å²) >= 11 is 6.30. The molecule has 6 heteroatoms. The Morgan fingerprint density at radius 3 is 2.69 bits per heavy atom. The van der Waals surface area contributed by atoms with Crippen LogP contribution < -0.4 is 5.56 Å². The van der Waals surface area contributed by atoms with Gasteiger partial charge in [0.1, 0.15) is 4.83 Å². The summed E-state index contributed by atoms with van der Waals surface area (Å²) in [6, 6.07) is 0. The lowest BCUT2D eigenvalue weighted by Crippen LogP contribution is -2.18. The molecule has 1 N–H and O–H groups in total. The number of carbonyl (C=O) groups is 1. The van der Waals surface area contributed by atoms with Gasteiger partial charge in [0.25, 0.3) is 5.56 Å². The highest BCUT2D eigenvalue weighted by Gasteiger charge is 2.15. The standard InChI is InChI=1S/C10H10N2O2S2/c1-4-6-8(16-7(4)5(2)13)11-10(15)12(3)9(6)14/h1-3H3,(H,11,15). The summed E-state index contributed by atoms with van der Waals surface area (Å²) < 4.78 is 1.75. The van der Waals surface area contributed by atoms with Gasteiger partial charge in [0, 0.05) is 7.05 Å². The highest BCUT2D eigenvalue weighted by Crippen LogP contribution is 2.26. The van der Waals surface area contributed by atoms with Crippen molar-refractivity contribution in [2.24, 2.45) is 7.05 Å². The second kappa shape index (κ2) is 3.64. The highest BCUT2D eigenvalue weighted by atomic mass is 32.1. The lowest BCUT2D eigenvalue weighted by molar-refractivity contribution is 0.102. The minimum absolute atomic E-state index is 0.0277. The zero-order chi connectivity index (χ0) is 12.0. The Kier molecular flexibility index (Phi) is 2.55. The van der Waals surface area contributed by atoms with E-state index in [2.05, 4.69) is 4.98 Å². The van der Waals surface area contributed by atoms with Crippen LogP contribution in [0.25, 0.3) is 10.2 Å². The molecule has 0 aromatic carbocycles. The summed E-state index contributed by atoms with van der Waals surface area (Å²) in [4.78, 5) is 27.6. The van der Waals surface area contributed by atoms with Crippen molar-refractivity contribution in [1.82, 2.24) is 9.55 Å². The monoisotopic (exact) mass is 254 g/mol. The quantitative estimate of drug-likeness (QED) is 0.627. The van der Waals surface area contributed by atoms with E-state index >= 15 is 0 Å². The molecule has 2 aromatic rings. The Bertz CT molecular complexity index is 706. The van der Waals surface area contributed by atoms with E-state index in [1.807, 2.05) is 0 Å². The fourth-order valence-corrected chi connectivity index (χ4v) is 2.98. The van der Waals surface area contributed by atoms with Crippen LogP contribution in [-0.4, -0.2) is 15.3 Å². The minimum Gasteiger partial charge on any atom is -0.323 e. The SMILES string of the molecule is CC(=O)c1sc2[nH]c(=S)n(C)c(=O)c2c1C. The van der Waals surface area contributed by atoms with Crippen LogP contribution in [0.15, 0.2) is 4.79 Å². The van der Waals surface area contributed by atoms with Crippen molar-refractivity contribution in [3.63, 3.8) is 0 Å². The summed E-state index contributed by atoms with van der Waals surface area (Å²) in [6.07, 6.45) is 0. The number of ketones is 1. The second-order valence-corrected chi connectivity index (χ2v) is 5.02. The van der Waals surface area contributed by atoms with Crippen LogP contribution in [0, 0.1) is 11.7 Å². The van der Waals surface area contributed by atoms with Gasteiger partial charge in [-0.15, -0.1) is 11.3 Å². The first-order valence-corrected chi connectivity index (χ1v) is 5.89. The number of hydrogen-bond donors (Lipinski definition) is 1. The number of aryl methyl sites for hydroxylation is 1. The number of Topliss-reactive ketones (excluding diaryl/α,β-unsaturated/α-hetero) is 1. The third-order valence-electron chi connectivity index (χ3n) is 2.51. The summed E-state index contributed by atoms with van der Waals surface area (Å²) in [5, 5.41) is 0.561. The van der Waals surface area contributed by atoms with Gasteiger partial charge in [-0.1, -0.05) is 0 Å². The topological polar surface area (TPSA) is 54.9 Å². The zero-order valence-corrected chi connectivity index (χ0v) is 10.7. The molecule has 0 atom stereocenters. The van der Waals surface area contributed by atoms with Crippen LogP contribution in [0.1, 0.15) is 22.2 Å². The van der Waals surface area contributed by atoms with E-state index < -0.39 is 0 Å². The van der Waals surface area contributed by atoms with Crippen molar-refractivity contribution in [3.05, 3.63) is 25.6 Å². The van der Waals surface area contributed by atoms with Gasteiger partial charge in [0.05, 0.1) is 10.3 Å². The van der Waals surface area contributed by atoms with Crippen LogP contribution in [0.2, 0.25) is 0 Å². The van der Waals surface area contributed by atoms with E-state index in [-0.39, 0.29) is 11.3 Å². The molecule has 0 fully saturated rings. The van der Waals surface area contributed by atoms with Crippen molar-refractivity contribution < 1.29 is 4.79 Å². The number of carbonyl (C=O) groups excluding carboxylic acids is 1. The maximum absolute atomic E-state index is 12.0. The predicted molar refractivity (Wildman–Crippen MR) is 67.0 cm³/mol. The molecule has 0 saturated carbocycles. The number of aromatic nitrogens is 2. The van der Waals surface area contributed by atoms with E-state index in [0.717, 1.165) is 5.56 Å². The smallest absolute Gasteiger partial charge is 0.263 e. The molecule has 2 rings (SSSR count). The van der Waals surface area contributed by atoms with Crippen LogP contribution in [0.3, 0.4) is 0 Å². The van der Waals surface area contributed by atoms with Gasteiger partial charge < -0.3 is 4.98 Å². The molecular formula is C10H10N2O2S2. The molecule has 0 spiro atoms. The first kappa shape index (κ1) is 11.2. The molecular weight excluding hydrogens is 244 g/mol. The molecule has 0 aliphatic rings. The number of rotatable bonds is 1. The highest BCUT2D eigenvalue weighted by molar-refractivity contribution is 7.71. The van der Waals surface area contributed by atoms with Gasteiger partial charge in [-0.3, -0.25) is 14.2 Å². The van der Waals surface area contributed by atoms with Crippen molar-refractivity contribution in [2.75, 3.05) is 0 Å². The van der Waals surface area contributed by atoms with Gasteiger partial charge >= 0.3 is 0 Å². The number of nitrogens with one attached hydrogen (secondary N) is 1. The molecule has 16 heavy (non-hydrogen) atoms. The van der Waals surface area contributed by atoms with E-state index in [1.54, 1.807) is 14.0 Å². The molecule has 2 heterocycles. The van der Waals surface area contributed by atoms with Crippen molar-refractivity contribution in [2.45, 2.75) is 13.8 Å². The first-order valence-electron chi connectivity index (χ1n) is 4.67. The minimum atomic E-state index is -0.153. The molecule has 0 radical (unpaired) electrons. The van der Waals surface area contributed by atoms with E-state index in [4.69, 9.17) is 12.2 Å². The average molecular weight is 254 g/mol. The van der Waals surface area contributed by atoms with Gasteiger partial charge in [0.2, 0.25) is 0 Å². The summed E-state index contributed by atoms with van der Waals surface area (Å²) in [6.45, 7) is 3.28. The van der Waals surface area contributed by atoms with Gasteiger partial charge in [-0.05, 0) is 31.6 Å². The zero-order valence-electron chi connectivity index (χ0n) is 9.08. The number of hydrogen-bond acceptors (Lipinski definition) is 4. The number of nitrogens with zero attached hydrogens (tertiary/aromatic N) is 1. The van der Waals surface area contributed by atoms with E-state index in [0.29, 0.717) is 19.9 Å². The Balaban J connectivity index is 3.05. The Morgan fingerprint density at radius 1 is 1.50 bits per heavy atom. The first-order chi connectivity index (χ1) is 7.43. The Labute approximate surface area is 101 Å². The third-order valence-corrected chi connectivity index (χ3v) is 4.19. The van der Waals surface area contributed by atoms with Crippen molar-refractivity contribution in [1.29, 1.82) is 0 Å². The number of thiophene rings is 1. The lowest BCUT2D eigenvalue weighted by Gasteiger charge is -1.98. The largest absolute Gasteiger partial charge is 0.323 e. The molecule has 0 saturated heterocycles. The van der Waals surface area contributed by atoms with Gasteiger partial charge in [0.15, 0.2) is 10.6 Å². The Hall–Kier alpha value is -1.27. The second-order valence-electron chi connectivity index (χ2n) is 3.61.